The molecule has 2 nitrogen and oxygen atoms in total. The first-order valence-corrected chi connectivity index (χ1v) is 5.05. The summed E-state index contributed by atoms with van der Waals surface area (Å²) >= 11 is 0. The summed E-state index contributed by atoms with van der Waals surface area (Å²) in [4.78, 5) is 10.5. The monoisotopic (exact) mass is 204 g/mol. The van der Waals surface area contributed by atoms with Gasteiger partial charge >= 0.3 is 5.97 Å². The number of carboxylic acid groups (broad SMARTS) is 1. The minimum atomic E-state index is -0.834. The van der Waals surface area contributed by atoms with Gasteiger partial charge in [-0.25, -0.2) is 4.79 Å². The summed E-state index contributed by atoms with van der Waals surface area (Å²) in [5, 5.41) is 8.65. The Morgan fingerprint density at radius 1 is 1.33 bits per heavy atom. The fourth-order valence-corrected chi connectivity index (χ4v) is 1.30. The van der Waals surface area contributed by atoms with Crippen molar-refractivity contribution in [2.45, 2.75) is 26.7 Å². The van der Waals surface area contributed by atoms with Crippen LogP contribution in [0.4, 0.5) is 0 Å². The standard InChI is InChI=1S/C13H16O2/c1-10-6-8-12(9-7-10)5-3-4-11(2)13(14)15/h4,6-9H,3,5H2,1-2H3,(H,14,15)/b11-4+. The zero-order valence-corrected chi connectivity index (χ0v) is 9.16. The van der Waals surface area contributed by atoms with Crippen molar-refractivity contribution in [3.63, 3.8) is 0 Å². The van der Waals surface area contributed by atoms with Crippen molar-refractivity contribution < 1.29 is 9.90 Å². The van der Waals surface area contributed by atoms with E-state index in [2.05, 4.69) is 31.2 Å². The molecule has 0 saturated carbocycles. The molecule has 0 fully saturated rings. The molecule has 0 amide bonds. The number of carboxylic acids is 1. The van der Waals surface area contributed by atoms with Crippen LogP contribution in [0.1, 0.15) is 24.5 Å². The molecule has 0 radical (unpaired) electrons. The zero-order chi connectivity index (χ0) is 11.3. The van der Waals surface area contributed by atoms with Crippen LogP contribution in [-0.4, -0.2) is 11.1 Å². The Morgan fingerprint density at radius 3 is 2.47 bits per heavy atom. The Morgan fingerprint density at radius 2 is 1.93 bits per heavy atom. The van der Waals surface area contributed by atoms with Crippen LogP contribution in [0.3, 0.4) is 0 Å². The van der Waals surface area contributed by atoms with E-state index in [-0.39, 0.29) is 0 Å². The fraction of sp³-hybridized carbons (Fsp3) is 0.308. The molecule has 0 heterocycles. The molecule has 0 aliphatic rings. The zero-order valence-electron chi connectivity index (χ0n) is 9.16. The number of benzene rings is 1. The van der Waals surface area contributed by atoms with Gasteiger partial charge in [0.05, 0.1) is 0 Å². The Balaban J connectivity index is 2.48. The second kappa shape index (κ2) is 5.35. The van der Waals surface area contributed by atoms with E-state index in [9.17, 15) is 4.79 Å². The maximum Gasteiger partial charge on any atom is 0.330 e. The van der Waals surface area contributed by atoms with Gasteiger partial charge in [-0.15, -0.1) is 0 Å². The molecule has 0 aliphatic carbocycles. The summed E-state index contributed by atoms with van der Waals surface area (Å²) in [7, 11) is 0. The summed E-state index contributed by atoms with van der Waals surface area (Å²) in [5.74, 6) is -0.834. The van der Waals surface area contributed by atoms with Gasteiger partial charge in [-0.05, 0) is 32.3 Å². The summed E-state index contributed by atoms with van der Waals surface area (Å²) in [6.45, 7) is 3.68. The lowest BCUT2D eigenvalue weighted by Crippen LogP contribution is -1.96. The van der Waals surface area contributed by atoms with Gasteiger partial charge in [0.2, 0.25) is 0 Å². The predicted molar refractivity (Wildman–Crippen MR) is 60.9 cm³/mol. The van der Waals surface area contributed by atoms with E-state index in [4.69, 9.17) is 5.11 Å². The number of hydrogen-bond donors (Lipinski definition) is 1. The maximum atomic E-state index is 10.5. The van der Waals surface area contributed by atoms with Crippen LogP contribution in [0.25, 0.3) is 0 Å². The molecule has 0 aliphatic heterocycles. The highest BCUT2D eigenvalue weighted by Gasteiger charge is 1.98. The fourth-order valence-electron chi connectivity index (χ4n) is 1.30. The molecule has 0 saturated heterocycles. The Labute approximate surface area is 90.3 Å². The van der Waals surface area contributed by atoms with Crippen molar-refractivity contribution in [3.8, 4) is 0 Å². The van der Waals surface area contributed by atoms with Crippen molar-refractivity contribution in [2.75, 3.05) is 0 Å². The lowest BCUT2D eigenvalue weighted by molar-refractivity contribution is -0.132. The van der Waals surface area contributed by atoms with Gasteiger partial charge in [-0.2, -0.15) is 0 Å². The Bertz CT molecular complexity index is 361. The summed E-state index contributed by atoms with van der Waals surface area (Å²) in [5.41, 5.74) is 2.91. The highest BCUT2D eigenvalue weighted by atomic mass is 16.4. The minimum Gasteiger partial charge on any atom is -0.478 e. The van der Waals surface area contributed by atoms with E-state index in [1.807, 2.05) is 0 Å². The number of rotatable bonds is 4. The molecule has 1 aromatic rings. The topological polar surface area (TPSA) is 37.3 Å². The number of allylic oxidation sites excluding steroid dienone is 1. The summed E-state index contributed by atoms with van der Waals surface area (Å²) in [6, 6.07) is 8.31. The van der Waals surface area contributed by atoms with Crippen LogP contribution >= 0.6 is 0 Å². The lowest BCUT2D eigenvalue weighted by Gasteiger charge is -1.99. The van der Waals surface area contributed by atoms with E-state index in [0.717, 1.165) is 12.8 Å². The quantitative estimate of drug-likeness (QED) is 0.765. The van der Waals surface area contributed by atoms with E-state index >= 15 is 0 Å². The molecule has 15 heavy (non-hydrogen) atoms. The first-order valence-electron chi connectivity index (χ1n) is 5.05. The first-order chi connectivity index (χ1) is 7.09. The SMILES string of the molecule is C/C(=C\CCc1ccc(C)cc1)C(=O)O. The van der Waals surface area contributed by atoms with Crippen LogP contribution in [-0.2, 0) is 11.2 Å². The van der Waals surface area contributed by atoms with Crippen molar-refractivity contribution >= 4 is 5.97 Å². The first kappa shape index (κ1) is 11.5. The van der Waals surface area contributed by atoms with Crippen LogP contribution in [0.5, 0.6) is 0 Å². The summed E-state index contributed by atoms with van der Waals surface area (Å²) in [6.07, 6.45) is 3.44. The lowest BCUT2D eigenvalue weighted by atomic mass is 10.1. The molecule has 0 aromatic heterocycles. The van der Waals surface area contributed by atoms with Gasteiger partial charge < -0.3 is 5.11 Å². The smallest absolute Gasteiger partial charge is 0.330 e. The normalized spacial score (nSPS) is 11.5. The Hall–Kier alpha value is -1.57. The van der Waals surface area contributed by atoms with Crippen LogP contribution in [0.15, 0.2) is 35.9 Å². The van der Waals surface area contributed by atoms with Gasteiger partial charge in [-0.3, -0.25) is 0 Å². The molecular formula is C13H16O2. The Kier molecular flexibility index (Phi) is 4.10. The second-order valence-electron chi connectivity index (χ2n) is 3.72. The van der Waals surface area contributed by atoms with Crippen molar-refractivity contribution in [2.24, 2.45) is 0 Å². The molecule has 0 unspecified atom stereocenters. The van der Waals surface area contributed by atoms with Gasteiger partial charge in [0.1, 0.15) is 0 Å². The number of hydrogen-bond acceptors (Lipinski definition) is 1. The molecule has 1 N–H and O–H groups in total. The third kappa shape index (κ3) is 3.98. The van der Waals surface area contributed by atoms with Crippen molar-refractivity contribution in [1.82, 2.24) is 0 Å². The molecule has 2 heteroatoms. The number of carbonyl (C=O) groups is 1. The van der Waals surface area contributed by atoms with Crippen molar-refractivity contribution in [3.05, 3.63) is 47.0 Å². The highest BCUT2D eigenvalue weighted by molar-refractivity contribution is 5.85. The van der Waals surface area contributed by atoms with E-state index in [1.165, 1.54) is 11.1 Å². The molecule has 1 rings (SSSR count). The maximum absolute atomic E-state index is 10.5. The predicted octanol–water partition coefficient (Wildman–Crippen LogP) is 2.96. The molecule has 0 spiro atoms. The van der Waals surface area contributed by atoms with E-state index in [0.29, 0.717) is 5.57 Å². The average Bonchev–Trinajstić information content (AvgIpc) is 2.20. The largest absolute Gasteiger partial charge is 0.478 e. The van der Waals surface area contributed by atoms with Gasteiger partial charge in [0.15, 0.2) is 0 Å². The van der Waals surface area contributed by atoms with Crippen molar-refractivity contribution in [1.29, 1.82) is 0 Å². The average molecular weight is 204 g/mol. The number of aliphatic carboxylic acids is 1. The second-order valence-corrected chi connectivity index (χ2v) is 3.72. The van der Waals surface area contributed by atoms with E-state index in [1.54, 1.807) is 13.0 Å². The molecule has 80 valence electrons. The van der Waals surface area contributed by atoms with Gasteiger partial charge in [0, 0.05) is 5.57 Å². The molecule has 0 bridgehead atoms. The molecular weight excluding hydrogens is 188 g/mol. The van der Waals surface area contributed by atoms with Gasteiger partial charge in [-0.1, -0.05) is 35.9 Å². The third-order valence-corrected chi connectivity index (χ3v) is 2.34. The highest BCUT2D eigenvalue weighted by Crippen LogP contribution is 2.07. The van der Waals surface area contributed by atoms with Crippen LogP contribution in [0.2, 0.25) is 0 Å². The van der Waals surface area contributed by atoms with Gasteiger partial charge in [0.25, 0.3) is 0 Å². The van der Waals surface area contributed by atoms with Crippen LogP contribution < -0.4 is 0 Å². The molecule has 0 atom stereocenters. The van der Waals surface area contributed by atoms with Crippen LogP contribution in [0, 0.1) is 6.92 Å². The number of aryl methyl sites for hydroxylation is 2. The molecule has 1 aromatic carbocycles. The third-order valence-electron chi connectivity index (χ3n) is 2.34. The summed E-state index contributed by atoms with van der Waals surface area (Å²) < 4.78 is 0. The van der Waals surface area contributed by atoms with E-state index < -0.39 is 5.97 Å². The minimum absolute atomic E-state index is 0.419.